The Morgan fingerprint density at radius 3 is 2.55 bits per heavy atom. The molecule has 2 amide bonds. The Kier molecular flexibility index (Phi) is 5.96. The van der Waals surface area contributed by atoms with Gasteiger partial charge in [0.25, 0.3) is 11.8 Å². The summed E-state index contributed by atoms with van der Waals surface area (Å²) < 4.78 is 13.9. The minimum Gasteiger partial charge on any atom is -0.481 e. The van der Waals surface area contributed by atoms with Crippen LogP contribution in [-0.2, 0) is 4.79 Å². The number of carboxylic acids is 1. The molecule has 29 heavy (non-hydrogen) atoms. The lowest BCUT2D eigenvalue weighted by atomic mass is 9.87. The van der Waals surface area contributed by atoms with Crippen molar-refractivity contribution in [2.75, 3.05) is 18.4 Å². The minimum absolute atomic E-state index is 0.0757. The third kappa shape index (κ3) is 4.45. The number of hydrogen-bond donors (Lipinski definition) is 2. The van der Waals surface area contributed by atoms with Crippen LogP contribution in [0.3, 0.4) is 0 Å². The number of carbonyl (C=O) groups excluding carboxylic acids is 2. The van der Waals surface area contributed by atoms with Gasteiger partial charge in [-0.15, -0.1) is 0 Å². The van der Waals surface area contributed by atoms with E-state index >= 15 is 0 Å². The lowest BCUT2D eigenvalue weighted by Gasteiger charge is -2.35. The van der Waals surface area contributed by atoms with Crippen LogP contribution in [0.5, 0.6) is 0 Å². The fraction of sp³-hybridized carbons (Fsp3) is 0.318. The van der Waals surface area contributed by atoms with Crippen LogP contribution < -0.4 is 5.32 Å². The fourth-order valence-electron chi connectivity index (χ4n) is 3.60. The molecule has 6 nitrogen and oxygen atoms in total. The molecule has 1 heterocycles. The monoisotopic (exact) mass is 398 g/mol. The highest BCUT2D eigenvalue weighted by Crippen LogP contribution is 2.26. The average molecular weight is 398 g/mol. The van der Waals surface area contributed by atoms with Crippen LogP contribution in [0.1, 0.15) is 39.6 Å². The molecule has 7 heteroatoms. The number of aryl methyl sites for hydroxylation is 1. The molecule has 0 bridgehead atoms. The summed E-state index contributed by atoms with van der Waals surface area (Å²) >= 11 is 0. The molecule has 2 aromatic rings. The number of likely N-dealkylation sites (tertiary alicyclic amines) is 1. The SMILES string of the molecule is Cc1ccc(C(=O)N2CCC(C(=O)O)C(C)C2)cc1NC(=O)c1ccccc1F. The number of anilines is 1. The molecule has 2 N–H and O–H groups in total. The summed E-state index contributed by atoms with van der Waals surface area (Å²) in [6.07, 6.45) is 0.408. The first-order valence-electron chi connectivity index (χ1n) is 9.46. The van der Waals surface area contributed by atoms with Gasteiger partial charge in [-0.05, 0) is 49.1 Å². The summed E-state index contributed by atoms with van der Waals surface area (Å²) in [5.41, 5.74) is 1.48. The Hall–Kier alpha value is -3.22. The van der Waals surface area contributed by atoms with E-state index < -0.39 is 23.6 Å². The van der Waals surface area contributed by atoms with Gasteiger partial charge < -0.3 is 15.3 Å². The van der Waals surface area contributed by atoms with E-state index in [4.69, 9.17) is 0 Å². The van der Waals surface area contributed by atoms with Crippen molar-refractivity contribution in [3.63, 3.8) is 0 Å². The van der Waals surface area contributed by atoms with Gasteiger partial charge in [0.05, 0.1) is 11.5 Å². The van der Waals surface area contributed by atoms with Crippen LogP contribution in [0.15, 0.2) is 42.5 Å². The Balaban J connectivity index is 1.77. The molecular weight excluding hydrogens is 375 g/mol. The fourth-order valence-corrected chi connectivity index (χ4v) is 3.60. The number of nitrogens with one attached hydrogen (secondary N) is 1. The van der Waals surface area contributed by atoms with Crippen molar-refractivity contribution in [1.29, 1.82) is 0 Å². The van der Waals surface area contributed by atoms with Crippen molar-refractivity contribution < 1.29 is 23.9 Å². The van der Waals surface area contributed by atoms with Crippen LogP contribution >= 0.6 is 0 Å². The van der Waals surface area contributed by atoms with Gasteiger partial charge in [0.1, 0.15) is 5.82 Å². The zero-order chi connectivity index (χ0) is 21.1. The topological polar surface area (TPSA) is 86.7 Å². The minimum atomic E-state index is -0.835. The zero-order valence-corrected chi connectivity index (χ0v) is 16.3. The summed E-state index contributed by atoms with van der Waals surface area (Å²) in [6.45, 7) is 4.34. The molecule has 0 aromatic heterocycles. The largest absolute Gasteiger partial charge is 0.481 e. The number of aliphatic carboxylic acids is 1. The van der Waals surface area contributed by atoms with Crippen molar-refractivity contribution in [2.45, 2.75) is 20.3 Å². The van der Waals surface area contributed by atoms with Crippen LogP contribution in [0, 0.1) is 24.6 Å². The van der Waals surface area contributed by atoms with Gasteiger partial charge in [0.2, 0.25) is 0 Å². The Morgan fingerprint density at radius 1 is 1.17 bits per heavy atom. The van der Waals surface area contributed by atoms with Crippen molar-refractivity contribution in [2.24, 2.45) is 11.8 Å². The summed E-state index contributed by atoms with van der Waals surface area (Å²) in [5, 5.41) is 11.9. The molecule has 1 saturated heterocycles. The second-order valence-electron chi connectivity index (χ2n) is 7.43. The standard InChI is InChI=1S/C22H23FN2O4/c1-13-7-8-15(21(27)25-10-9-16(22(28)29)14(2)12-25)11-19(13)24-20(26)17-5-3-4-6-18(17)23/h3-8,11,14,16H,9-10,12H2,1-2H3,(H,24,26)(H,28,29). The molecule has 1 aliphatic rings. The number of carboxylic acid groups (broad SMARTS) is 1. The molecular formula is C22H23FN2O4. The summed E-state index contributed by atoms with van der Waals surface area (Å²) in [5.74, 6) is -2.86. The third-order valence-corrected chi connectivity index (χ3v) is 5.36. The highest BCUT2D eigenvalue weighted by atomic mass is 19.1. The van der Waals surface area contributed by atoms with E-state index in [1.807, 2.05) is 6.92 Å². The van der Waals surface area contributed by atoms with Gasteiger partial charge >= 0.3 is 5.97 Å². The summed E-state index contributed by atoms with van der Waals surface area (Å²) in [4.78, 5) is 38.2. The van der Waals surface area contributed by atoms with E-state index in [0.29, 0.717) is 30.8 Å². The van der Waals surface area contributed by atoms with Crippen LogP contribution in [0.25, 0.3) is 0 Å². The lowest BCUT2D eigenvalue weighted by molar-refractivity contribution is -0.145. The number of amides is 2. The Bertz CT molecular complexity index is 960. The van der Waals surface area contributed by atoms with Crippen molar-refractivity contribution in [3.05, 3.63) is 65.0 Å². The first-order valence-corrected chi connectivity index (χ1v) is 9.46. The number of rotatable bonds is 4. The van der Waals surface area contributed by atoms with Crippen LogP contribution in [0.2, 0.25) is 0 Å². The van der Waals surface area contributed by atoms with Gasteiger partial charge in [0.15, 0.2) is 0 Å². The van der Waals surface area contributed by atoms with E-state index in [-0.39, 0.29) is 17.4 Å². The number of carbonyl (C=O) groups is 3. The molecule has 2 aromatic carbocycles. The highest BCUT2D eigenvalue weighted by Gasteiger charge is 2.33. The number of piperidine rings is 1. The quantitative estimate of drug-likeness (QED) is 0.824. The van der Waals surface area contributed by atoms with E-state index in [0.717, 1.165) is 5.56 Å². The van der Waals surface area contributed by atoms with Crippen molar-refractivity contribution >= 4 is 23.5 Å². The van der Waals surface area contributed by atoms with Gasteiger partial charge in [0, 0.05) is 24.3 Å². The first kappa shape index (κ1) is 20.5. The molecule has 2 atom stereocenters. The third-order valence-electron chi connectivity index (χ3n) is 5.36. The van der Waals surface area contributed by atoms with E-state index in [9.17, 15) is 23.9 Å². The normalized spacial score (nSPS) is 18.9. The maximum atomic E-state index is 13.9. The second kappa shape index (κ2) is 8.43. The highest BCUT2D eigenvalue weighted by molar-refractivity contribution is 6.05. The number of halogens is 1. The molecule has 2 unspecified atom stereocenters. The van der Waals surface area contributed by atoms with Gasteiger partial charge in [-0.25, -0.2) is 4.39 Å². The predicted octanol–water partition coefficient (Wildman–Crippen LogP) is 3.57. The Labute approximate surface area is 168 Å². The molecule has 152 valence electrons. The number of hydrogen-bond acceptors (Lipinski definition) is 3. The molecule has 0 saturated carbocycles. The first-order chi connectivity index (χ1) is 13.8. The zero-order valence-electron chi connectivity index (χ0n) is 16.3. The van der Waals surface area contributed by atoms with Crippen LogP contribution in [0.4, 0.5) is 10.1 Å². The molecule has 3 rings (SSSR count). The van der Waals surface area contributed by atoms with E-state index in [1.165, 1.54) is 18.2 Å². The maximum Gasteiger partial charge on any atom is 0.306 e. The van der Waals surface area contributed by atoms with Crippen molar-refractivity contribution in [1.82, 2.24) is 4.90 Å². The molecule has 0 aliphatic carbocycles. The average Bonchev–Trinajstić information content (AvgIpc) is 2.69. The van der Waals surface area contributed by atoms with E-state index in [1.54, 1.807) is 36.1 Å². The van der Waals surface area contributed by atoms with Gasteiger partial charge in [-0.2, -0.15) is 0 Å². The van der Waals surface area contributed by atoms with Gasteiger partial charge in [-0.1, -0.05) is 25.1 Å². The lowest BCUT2D eigenvalue weighted by Crippen LogP contribution is -2.45. The number of benzene rings is 2. The smallest absolute Gasteiger partial charge is 0.306 e. The van der Waals surface area contributed by atoms with Crippen molar-refractivity contribution in [3.8, 4) is 0 Å². The predicted molar refractivity (Wildman–Crippen MR) is 106 cm³/mol. The second-order valence-corrected chi connectivity index (χ2v) is 7.43. The van der Waals surface area contributed by atoms with Crippen LogP contribution in [-0.4, -0.2) is 40.9 Å². The number of nitrogens with zero attached hydrogens (tertiary/aromatic N) is 1. The molecule has 0 spiro atoms. The van der Waals surface area contributed by atoms with Gasteiger partial charge in [-0.3, -0.25) is 14.4 Å². The summed E-state index contributed by atoms with van der Waals surface area (Å²) in [6, 6.07) is 10.6. The maximum absolute atomic E-state index is 13.9. The molecule has 1 aliphatic heterocycles. The molecule has 1 fully saturated rings. The van der Waals surface area contributed by atoms with E-state index in [2.05, 4.69) is 5.32 Å². The summed E-state index contributed by atoms with van der Waals surface area (Å²) in [7, 11) is 0. The molecule has 0 radical (unpaired) electrons. The Morgan fingerprint density at radius 2 is 1.90 bits per heavy atom.